The zero-order chi connectivity index (χ0) is 10.7. The van der Waals surface area contributed by atoms with Crippen LogP contribution in [0.1, 0.15) is 5.56 Å². The van der Waals surface area contributed by atoms with E-state index in [0.29, 0.717) is 12.3 Å². The van der Waals surface area contributed by atoms with E-state index in [1.165, 1.54) is 0 Å². The monoisotopic (exact) mass is 204 g/mol. The third kappa shape index (κ3) is 1.99. The molecular formula is C11H12N2O2. The van der Waals surface area contributed by atoms with Crippen LogP contribution in [0.4, 0.5) is 5.69 Å². The average molecular weight is 204 g/mol. The molecule has 4 nitrogen and oxygen atoms in total. The Kier molecular flexibility index (Phi) is 2.69. The molecule has 1 aromatic rings. The van der Waals surface area contributed by atoms with Gasteiger partial charge in [-0.1, -0.05) is 24.3 Å². The third-order valence-electron chi connectivity index (χ3n) is 2.12. The summed E-state index contributed by atoms with van der Waals surface area (Å²) in [7, 11) is 0. The van der Waals surface area contributed by atoms with Crippen LogP contribution < -0.4 is 15.8 Å². The standard InChI is InChI=1S/C11H12N2O2/c12-6-2-4-8-3-1-5-9-11(8)13-10(14)7-15-9/h1-5H,6-7,12H2,(H,13,14)/b4-2+. The van der Waals surface area contributed by atoms with Crippen molar-refractivity contribution < 1.29 is 9.53 Å². The minimum atomic E-state index is -0.129. The molecule has 3 N–H and O–H groups in total. The van der Waals surface area contributed by atoms with Gasteiger partial charge in [0.1, 0.15) is 5.75 Å². The second kappa shape index (κ2) is 4.14. The summed E-state index contributed by atoms with van der Waals surface area (Å²) in [4.78, 5) is 11.2. The number of carbonyl (C=O) groups is 1. The predicted molar refractivity (Wildman–Crippen MR) is 58.7 cm³/mol. The summed E-state index contributed by atoms with van der Waals surface area (Å²) in [5.41, 5.74) is 7.00. The predicted octanol–water partition coefficient (Wildman–Crippen LogP) is 0.989. The molecular weight excluding hydrogens is 192 g/mol. The summed E-state index contributed by atoms with van der Waals surface area (Å²) in [6, 6.07) is 5.61. The molecule has 78 valence electrons. The molecule has 0 unspecified atom stereocenters. The van der Waals surface area contributed by atoms with Gasteiger partial charge in [0.25, 0.3) is 5.91 Å². The Bertz CT molecular complexity index is 413. The zero-order valence-electron chi connectivity index (χ0n) is 8.19. The molecule has 0 saturated heterocycles. The lowest BCUT2D eigenvalue weighted by Gasteiger charge is -2.19. The van der Waals surface area contributed by atoms with Crippen molar-refractivity contribution in [2.75, 3.05) is 18.5 Å². The van der Waals surface area contributed by atoms with Crippen LogP contribution in [0.3, 0.4) is 0 Å². The van der Waals surface area contributed by atoms with E-state index in [2.05, 4.69) is 5.32 Å². The molecule has 2 rings (SSSR count). The molecule has 1 aliphatic rings. The lowest BCUT2D eigenvalue weighted by Crippen LogP contribution is -2.25. The SMILES string of the molecule is NC/C=C/c1cccc2c1NC(=O)CO2. The van der Waals surface area contributed by atoms with E-state index in [0.717, 1.165) is 11.3 Å². The number of fused-ring (bicyclic) bond motifs is 1. The molecule has 1 aromatic carbocycles. The highest BCUT2D eigenvalue weighted by molar-refractivity contribution is 5.97. The molecule has 0 bridgehead atoms. The Morgan fingerprint density at radius 2 is 2.40 bits per heavy atom. The first kappa shape index (κ1) is 9.73. The molecule has 0 atom stereocenters. The van der Waals surface area contributed by atoms with E-state index in [1.807, 2.05) is 30.4 Å². The fraction of sp³-hybridized carbons (Fsp3) is 0.182. The van der Waals surface area contributed by atoms with Gasteiger partial charge in [-0.3, -0.25) is 4.79 Å². The fourth-order valence-corrected chi connectivity index (χ4v) is 1.45. The van der Waals surface area contributed by atoms with Crippen molar-refractivity contribution in [3.63, 3.8) is 0 Å². The van der Waals surface area contributed by atoms with Crippen LogP contribution in [0, 0.1) is 0 Å². The number of para-hydroxylation sites is 1. The number of anilines is 1. The van der Waals surface area contributed by atoms with Crippen LogP contribution in [0.5, 0.6) is 5.75 Å². The Labute approximate surface area is 87.7 Å². The second-order valence-corrected chi connectivity index (χ2v) is 3.20. The molecule has 1 heterocycles. The molecule has 0 spiro atoms. The van der Waals surface area contributed by atoms with Crippen LogP contribution in [-0.4, -0.2) is 19.1 Å². The molecule has 0 fully saturated rings. The molecule has 0 radical (unpaired) electrons. The summed E-state index contributed by atoms with van der Waals surface area (Å²) in [5, 5.41) is 2.78. The van der Waals surface area contributed by atoms with Gasteiger partial charge in [-0.2, -0.15) is 0 Å². The fourth-order valence-electron chi connectivity index (χ4n) is 1.45. The van der Waals surface area contributed by atoms with E-state index in [-0.39, 0.29) is 12.5 Å². The van der Waals surface area contributed by atoms with Gasteiger partial charge < -0.3 is 15.8 Å². The molecule has 1 aliphatic heterocycles. The summed E-state index contributed by atoms with van der Waals surface area (Å²) < 4.78 is 5.28. The number of nitrogens with two attached hydrogens (primary N) is 1. The number of nitrogens with one attached hydrogen (secondary N) is 1. The van der Waals surface area contributed by atoms with Crippen LogP contribution in [-0.2, 0) is 4.79 Å². The summed E-state index contributed by atoms with van der Waals surface area (Å²) in [6.45, 7) is 0.551. The van der Waals surface area contributed by atoms with Crippen molar-refractivity contribution >= 4 is 17.7 Å². The minimum Gasteiger partial charge on any atom is -0.482 e. The highest BCUT2D eigenvalue weighted by atomic mass is 16.5. The van der Waals surface area contributed by atoms with E-state index < -0.39 is 0 Å². The maximum absolute atomic E-state index is 11.2. The highest BCUT2D eigenvalue weighted by Crippen LogP contribution is 2.31. The maximum Gasteiger partial charge on any atom is 0.262 e. The average Bonchev–Trinajstić information content (AvgIpc) is 2.26. The van der Waals surface area contributed by atoms with Gasteiger partial charge in [-0.05, 0) is 6.07 Å². The van der Waals surface area contributed by atoms with Gasteiger partial charge in [0.05, 0.1) is 5.69 Å². The first-order valence-electron chi connectivity index (χ1n) is 4.73. The number of amides is 1. The number of rotatable bonds is 2. The van der Waals surface area contributed by atoms with Crippen LogP contribution >= 0.6 is 0 Å². The van der Waals surface area contributed by atoms with Crippen molar-refractivity contribution in [1.29, 1.82) is 0 Å². The summed E-state index contributed by atoms with van der Waals surface area (Å²) in [6.07, 6.45) is 3.70. The lowest BCUT2D eigenvalue weighted by molar-refractivity contribution is -0.118. The zero-order valence-corrected chi connectivity index (χ0v) is 8.19. The Balaban J connectivity index is 2.39. The van der Waals surface area contributed by atoms with Crippen LogP contribution in [0.25, 0.3) is 6.08 Å². The first-order valence-corrected chi connectivity index (χ1v) is 4.73. The maximum atomic E-state index is 11.2. The molecule has 0 aliphatic carbocycles. The largest absolute Gasteiger partial charge is 0.482 e. The first-order chi connectivity index (χ1) is 7.31. The number of carbonyl (C=O) groups excluding carboxylic acids is 1. The van der Waals surface area contributed by atoms with Crippen LogP contribution in [0.15, 0.2) is 24.3 Å². The lowest BCUT2D eigenvalue weighted by atomic mass is 10.1. The third-order valence-corrected chi connectivity index (χ3v) is 2.12. The van der Waals surface area contributed by atoms with Gasteiger partial charge in [0.2, 0.25) is 0 Å². The molecule has 4 heteroatoms. The number of ether oxygens (including phenoxy) is 1. The van der Waals surface area contributed by atoms with Gasteiger partial charge >= 0.3 is 0 Å². The van der Waals surface area contributed by atoms with Crippen molar-refractivity contribution in [1.82, 2.24) is 0 Å². The van der Waals surface area contributed by atoms with E-state index >= 15 is 0 Å². The Morgan fingerprint density at radius 3 is 3.20 bits per heavy atom. The quantitative estimate of drug-likeness (QED) is 0.755. The molecule has 0 saturated carbocycles. The van der Waals surface area contributed by atoms with Crippen LogP contribution in [0.2, 0.25) is 0 Å². The van der Waals surface area contributed by atoms with E-state index in [1.54, 1.807) is 0 Å². The van der Waals surface area contributed by atoms with Crippen molar-refractivity contribution in [3.05, 3.63) is 29.8 Å². The van der Waals surface area contributed by atoms with E-state index in [9.17, 15) is 4.79 Å². The van der Waals surface area contributed by atoms with Crippen molar-refractivity contribution in [2.45, 2.75) is 0 Å². The second-order valence-electron chi connectivity index (χ2n) is 3.20. The topological polar surface area (TPSA) is 64.3 Å². The minimum absolute atomic E-state index is 0.0804. The highest BCUT2D eigenvalue weighted by Gasteiger charge is 2.17. The van der Waals surface area contributed by atoms with Crippen molar-refractivity contribution in [2.24, 2.45) is 5.73 Å². The Morgan fingerprint density at radius 1 is 1.53 bits per heavy atom. The molecule has 1 amide bonds. The van der Waals surface area contributed by atoms with Gasteiger partial charge in [-0.25, -0.2) is 0 Å². The normalized spacial score (nSPS) is 14.6. The smallest absolute Gasteiger partial charge is 0.262 e. The number of benzene rings is 1. The number of hydrogen-bond acceptors (Lipinski definition) is 3. The summed E-state index contributed by atoms with van der Waals surface area (Å²) in [5.74, 6) is 0.574. The molecule has 0 aromatic heterocycles. The summed E-state index contributed by atoms with van der Waals surface area (Å²) >= 11 is 0. The van der Waals surface area contributed by atoms with Gasteiger partial charge in [-0.15, -0.1) is 0 Å². The van der Waals surface area contributed by atoms with Gasteiger partial charge in [0.15, 0.2) is 6.61 Å². The van der Waals surface area contributed by atoms with E-state index in [4.69, 9.17) is 10.5 Å². The Hall–Kier alpha value is -1.81. The van der Waals surface area contributed by atoms with Crippen molar-refractivity contribution in [3.8, 4) is 5.75 Å². The molecule has 15 heavy (non-hydrogen) atoms. The van der Waals surface area contributed by atoms with Gasteiger partial charge in [0, 0.05) is 12.1 Å². The number of hydrogen-bond donors (Lipinski definition) is 2.